The van der Waals surface area contributed by atoms with E-state index in [1.165, 1.54) is 0 Å². The van der Waals surface area contributed by atoms with E-state index in [-0.39, 0.29) is 47.6 Å². The zero-order chi connectivity index (χ0) is 27.6. The summed E-state index contributed by atoms with van der Waals surface area (Å²) in [6.45, 7) is 12.3. The van der Waals surface area contributed by atoms with Crippen LogP contribution in [0.25, 0.3) is 0 Å². The molecule has 3 unspecified atom stereocenters. The number of unbranched alkanes of at least 4 members (excludes halogenated alkanes) is 1. The van der Waals surface area contributed by atoms with Crippen molar-refractivity contribution < 1.29 is 24.2 Å². The van der Waals surface area contributed by atoms with Crippen molar-refractivity contribution in [2.24, 2.45) is 11.8 Å². The minimum absolute atomic E-state index is 0.0246. The number of allylic oxidation sites excluding steroid dienone is 1. The van der Waals surface area contributed by atoms with Crippen LogP contribution >= 0.6 is 27.7 Å². The zero-order valence-electron chi connectivity index (χ0n) is 22.1. The Bertz CT molecular complexity index is 1090. The van der Waals surface area contributed by atoms with Crippen LogP contribution in [0.3, 0.4) is 0 Å². The molecule has 0 saturated carbocycles. The van der Waals surface area contributed by atoms with Crippen molar-refractivity contribution in [2.45, 2.75) is 60.4 Å². The average Bonchev–Trinajstić information content (AvgIpc) is 3.47. The van der Waals surface area contributed by atoms with Crippen LogP contribution in [0.4, 0.5) is 5.69 Å². The van der Waals surface area contributed by atoms with Gasteiger partial charge in [-0.3, -0.25) is 14.4 Å². The number of ether oxygens (including phenoxy) is 1. The van der Waals surface area contributed by atoms with Crippen LogP contribution in [0, 0.1) is 25.7 Å². The second-order valence-corrected chi connectivity index (χ2v) is 13.1. The standard InChI is InChI=1S/C29H37BrN2O5S/c1-5-7-8-16-37-28(36)21-22-26(34)32(14-10-15-33)25(29(22)17-20(30)24(21)38-29)27(35)31(13-6-2)23-18(3)11-9-12-19(23)4/h5-6,9,11-12,20-22,24-25,33H,1-2,7-8,10,13-17H2,3-4H3/t20?,21-,22+,24-,25?,29?/m1/s1. The smallest absolute Gasteiger partial charge is 0.310 e. The molecule has 1 aromatic rings. The van der Waals surface area contributed by atoms with E-state index in [0.29, 0.717) is 25.8 Å². The number of halogens is 1. The van der Waals surface area contributed by atoms with E-state index in [4.69, 9.17) is 4.74 Å². The van der Waals surface area contributed by atoms with Crippen molar-refractivity contribution in [1.82, 2.24) is 4.90 Å². The molecule has 0 aromatic heterocycles. The van der Waals surface area contributed by atoms with E-state index in [1.807, 2.05) is 32.0 Å². The van der Waals surface area contributed by atoms with Crippen molar-refractivity contribution in [1.29, 1.82) is 0 Å². The maximum absolute atomic E-state index is 14.6. The van der Waals surface area contributed by atoms with Gasteiger partial charge in [-0.25, -0.2) is 0 Å². The van der Waals surface area contributed by atoms with Crippen molar-refractivity contribution in [3.05, 3.63) is 54.6 Å². The van der Waals surface area contributed by atoms with Crippen LogP contribution in [0.15, 0.2) is 43.5 Å². The largest absolute Gasteiger partial charge is 0.465 e. The number of para-hydroxylation sites is 1. The number of likely N-dealkylation sites (tertiary alicyclic amines) is 1. The highest BCUT2D eigenvalue weighted by molar-refractivity contribution is 9.09. The molecule has 0 aliphatic carbocycles. The summed E-state index contributed by atoms with van der Waals surface area (Å²) in [5, 5.41) is 9.44. The first-order valence-electron chi connectivity index (χ1n) is 13.2. The number of carbonyl (C=O) groups excluding carboxylic acids is 3. The number of fused-ring (bicyclic) bond motifs is 1. The number of amides is 2. The van der Waals surface area contributed by atoms with E-state index in [9.17, 15) is 19.5 Å². The minimum Gasteiger partial charge on any atom is -0.465 e. The summed E-state index contributed by atoms with van der Waals surface area (Å²) in [6, 6.07) is 5.14. The number of rotatable bonds is 12. The normalized spacial score (nSPS) is 29.3. The summed E-state index contributed by atoms with van der Waals surface area (Å²) in [5.74, 6) is -2.02. The Kier molecular flexibility index (Phi) is 9.10. The van der Waals surface area contributed by atoms with Gasteiger partial charge in [0.2, 0.25) is 5.91 Å². The molecule has 1 aromatic carbocycles. The van der Waals surface area contributed by atoms with Gasteiger partial charge in [-0.1, -0.05) is 46.3 Å². The quantitative estimate of drug-likeness (QED) is 0.167. The van der Waals surface area contributed by atoms with Gasteiger partial charge in [0.15, 0.2) is 0 Å². The molecular formula is C29H37BrN2O5S. The van der Waals surface area contributed by atoms with E-state index in [2.05, 4.69) is 29.1 Å². The summed E-state index contributed by atoms with van der Waals surface area (Å²) in [4.78, 5) is 45.3. The van der Waals surface area contributed by atoms with Crippen LogP contribution in [0.1, 0.15) is 36.8 Å². The fourth-order valence-corrected chi connectivity index (χ4v) is 10.1. The Balaban J connectivity index is 1.75. The Morgan fingerprint density at radius 2 is 1.97 bits per heavy atom. The number of aliphatic hydroxyl groups excluding tert-OH is 1. The highest BCUT2D eigenvalue weighted by Gasteiger charge is 2.76. The van der Waals surface area contributed by atoms with Crippen LogP contribution < -0.4 is 4.90 Å². The molecule has 3 aliphatic rings. The Hall–Kier alpha value is -2.10. The lowest BCUT2D eigenvalue weighted by Crippen LogP contribution is -2.56. The number of hydrogen-bond acceptors (Lipinski definition) is 6. The van der Waals surface area contributed by atoms with E-state index in [1.54, 1.807) is 33.7 Å². The maximum Gasteiger partial charge on any atom is 0.310 e. The third kappa shape index (κ3) is 4.86. The number of alkyl halides is 1. The number of nitrogens with zero attached hydrogens (tertiary/aromatic N) is 2. The lowest BCUT2D eigenvalue weighted by Gasteiger charge is -2.38. The lowest BCUT2D eigenvalue weighted by atomic mass is 9.71. The molecule has 3 saturated heterocycles. The van der Waals surface area contributed by atoms with Gasteiger partial charge in [-0.05, 0) is 50.7 Å². The predicted molar refractivity (Wildman–Crippen MR) is 154 cm³/mol. The van der Waals surface area contributed by atoms with Crippen LogP contribution in [0.5, 0.6) is 0 Å². The molecular weight excluding hydrogens is 568 g/mol. The summed E-state index contributed by atoms with van der Waals surface area (Å²) in [7, 11) is 0. The second kappa shape index (κ2) is 12.0. The number of carbonyl (C=O) groups is 3. The topological polar surface area (TPSA) is 87.2 Å². The lowest BCUT2D eigenvalue weighted by molar-refractivity contribution is -0.154. The van der Waals surface area contributed by atoms with Gasteiger partial charge in [0.25, 0.3) is 5.91 Å². The number of aliphatic hydroxyl groups is 1. The van der Waals surface area contributed by atoms with Crippen molar-refractivity contribution in [3.8, 4) is 0 Å². The van der Waals surface area contributed by atoms with Crippen molar-refractivity contribution in [3.63, 3.8) is 0 Å². The molecule has 4 rings (SSSR count). The van der Waals surface area contributed by atoms with Gasteiger partial charge in [0.1, 0.15) is 6.04 Å². The van der Waals surface area contributed by atoms with Crippen LogP contribution in [-0.2, 0) is 19.1 Å². The molecule has 2 bridgehead atoms. The molecule has 0 radical (unpaired) electrons. The number of hydrogen-bond donors (Lipinski definition) is 1. The molecule has 2 amide bonds. The number of esters is 1. The highest BCUT2D eigenvalue weighted by atomic mass is 79.9. The minimum atomic E-state index is -0.765. The van der Waals surface area contributed by atoms with Crippen LogP contribution in [0.2, 0.25) is 0 Å². The molecule has 3 aliphatic heterocycles. The Labute approximate surface area is 237 Å². The van der Waals surface area contributed by atoms with Crippen molar-refractivity contribution >= 4 is 51.2 Å². The molecule has 3 heterocycles. The molecule has 9 heteroatoms. The van der Waals surface area contributed by atoms with Gasteiger partial charge in [-0.15, -0.1) is 24.9 Å². The Morgan fingerprint density at radius 3 is 2.61 bits per heavy atom. The maximum atomic E-state index is 14.6. The molecule has 206 valence electrons. The van der Waals surface area contributed by atoms with Gasteiger partial charge in [0, 0.05) is 35.5 Å². The molecule has 1 N–H and O–H groups in total. The average molecular weight is 606 g/mol. The first-order valence-corrected chi connectivity index (χ1v) is 15.0. The van der Waals surface area contributed by atoms with E-state index >= 15 is 0 Å². The van der Waals surface area contributed by atoms with E-state index in [0.717, 1.165) is 23.2 Å². The fourth-order valence-electron chi connectivity index (χ4n) is 6.46. The van der Waals surface area contributed by atoms with Gasteiger partial charge in [0.05, 0.1) is 23.2 Å². The van der Waals surface area contributed by atoms with Gasteiger partial charge < -0.3 is 19.6 Å². The third-order valence-electron chi connectivity index (χ3n) is 7.94. The monoisotopic (exact) mass is 604 g/mol. The number of benzene rings is 1. The first kappa shape index (κ1) is 28.9. The number of anilines is 1. The van der Waals surface area contributed by atoms with Crippen molar-refractivity contribution in [2.75, 3.05) is 31.2 Å². The van der Waals surface area contributed by atoms with Crippen LogP contribution in [-0.4, -0.2) is 75.0 Å². The number of aryl methyl sites for hydroxylation is 2. The molecule has 38 heavy (non-hydrogen) atoms. The molecule has 6 atom stereocenters. The molecule has 3 fully saturated rings. The summed E-state index contributed by atoms with van der Waals surface area (Å²) in [6.07, 6.45) is 5.85. The number of thioether (sulfide) groups is 1. The highest BCUT2D eigenvalue weighted by Crippen LogP contribution is 2.68. The third-order valence-corrected chi connectivity index (χ3v) is 11.2. The van der Waals surface area contributed by atoms with E-state index < -0.39 is 22.6 Å². The zero-order valence-corrected chi connectivity index (χ0v) is 24.5. The summed E-state index contributed by atoms with van der Waals surface area (Å²) in [5.41, 5.74) is 2.74. The van der Waals surface area contributed by atoms with Gasteiger partial charge >= 0.3 is 5.97 Å². The predicted octanol–water partition coefficient (Wildman–Crippen LogP) is 4.18. The first-order chi connectivity index (χ1) is 18.2. The SMILES string of the molecule is C=CCCCOC(=O)[C@H]1[C@@H]2SC3(CC2Br)C(C(=O)N(CC=C)c2c(C)cccc2C)N(CCCO)C(=O)[C@H]13. The summed E-state index contributed by atoms with van der Waals surface area (Å²) >= 11 is 5.37. The molecule has 7 nitrogen and oxygen atoms in total. The van der Waals surface area contributed by atoms with Gasteiger partial charge in [-0.2, -0.15) is 0 Å². The summed E-state index contributed by atoms with van der Waals surface area (Å²) < 4.78 is 4.88. The fraction of sp³-hybridized carbons (Fsp3) is 0.552. The Morgan fingerprint density at radius 1 is 1.26 bits per heavy atom. The molecule has 1 spiro atoms. The second-order valence-electron chi connectivity index (χ2n) is 10.3.